The molecule has 15 heavy (non-hydrogen) atoms. The van der Waals surface area contributed by atoms with E-state index in [2.05, 4.69) is 19.2 Å². The molecule has 0 spiro atoms. The summed E-state index contributed by atoms with van der Waals surface area (Å²) in [5.41, 5.74) is 0. The zero-order chi connectivity index (χ0) is 11.3. The summed E-state index contributed by atoms with van der Waals surface area (Å²) < 4.78 is 0. The Kier molecular flexibility index (Phi) is 4.88. The summed E-state index contributed by atoms with van der Waals surface area (Å²) >= 11 is 0. The molecular formula is C11H22N2O2. The Hall–Kier alpha value is -0.770. The van der Waals surface area contributed by atoms with Gasteiger partial charge in [0.15, 0.2) is 0 Å². The van der Waals surface area contributed by atoms with Gasteiger partial charge in [-0.25, -0.2) is 4.79 Å². The second kappa shape index (κ2) is 5.95. The van der Waals surface area contributed by atoms with E-state index in [4.69, 9.17) is 5.11 Å². The lowest BCUT2D eigenvalue weighted by molar-refractivity contribution is 0.157. The maximum absolute atomic E-state index is 11.7. The van der Waals surface area contributed by atoms with Crippen LogP contribution in [0.3, 0.4) is 0 Å². The van der Waals surface area contributed by atoms with E-state index < -0.39 is 0 Å². The third-order valence-corrected chi connectivity index (χ3v) is 2.85. The van der Waals surface area contributed by atoms with Crippen LogP contribution in [0.5, 0.6) is 0 Å². The maximum atomic E-state index is 11.7. The molecule has 88 valence electrons. The van der Waals surface area contributed by atoms with E-state index in [1.165, 1.54) is 0 Å². The van der Waals surface area contributed by atoms with Gasteiger partial charge < -0.3 is 15.3 Å². The molecule has 1 aliphatic heterocycles. The van der Waals surface area contributed by atoms with Gasteiger partial charge in [-0.2, -0.15) is 0 Å². The van der Waals surface area contributed by atoms with Crippen LogP contribution in [0.2, 0.25) is 0 Å². The number of urea groups is 1. The van der Waals surface area contributed by atoms with Crippen molar-refractivity contribution in [3.63, 3.8) is 0 Å². The molecule has 1 fully saturated rings. The first-order valence-electron chi connectivity index (χ1n) is 5.80. The quantitative estimate of drug-likeness (QED) is 0.739. The fourth-order valence-corrected chi connectivity index (χ4v) is 1.86. The molecule has 2 amide bonds. The molecule has 0 bridgehead atoms. The molecule has 0 aromatic heterocycles. The predicted molar refractivity (Wildman–Crippen MR) is 59.7 cm³/mol. The first kappa shape index (κ1) is 12.3. The zero-order valence-electron chi connectivity index (χ0n) is 9.70. The lowest BCUT2D eigenvalue weighted by Gasteiger charge is -2.23. The molecular weight excluding hydrogens is 192 g/mol. The zero-order valence-corrected chi connectivity index (χ0v) is 9.70. The summed E-state index contributed by atoms with van der Waals surface area (Å²) in [6.45, 7) is 5.86. The van der Waals surface area contributed by atoms with Crippen LogP contribution in [0.1, 0.15) is 33.1 Å². The maximum Gasteiger partial charge on any atom is 0.317 e. The molecule has 0 radical (unpaired) electrons. The molecule has 0 aliphatic carbocycles. The second-order valence-corrected chi connectivity index (χ2v) is 4.59. The Morgan fingerprint density at radius 3 is 2.93 bits per heavy atom. The van der Waals surface area contributed by atoms with E-state index in [9.17, 15) is 4.79 Å². The van der Waals surface area contributed by atoms with Gasteiger partial charge >= 0.3 is 6.03 Å². The van der Waals surface area contributed by atoms with Crippen molar-refractivity contribution in [3.05, 3.63) is 0 Å². The van der Waals surface area contributed by atoms with Gasteiger partial charge in [-0.1, -0.05) is 13.8 Å². The van der Waals surface area contributed by atoms with Crippen LogP contribution >= 0.6 is 0 Å². The Morgan fingerprint density at radius 2 is 2.33 bits per heavy atom. The van der Waals surface area contributed by atoms with Gasteiger partial charge in [0.25, 0.3) is 0 Å². The van der Waals surface area contributed by atoms with Crippen molar-refractivity contribution in [1.82, 2.24) is 10.2 Å². The summed E-state index contributed by atoms with van der Waals surface area (Å²) in [6, 6.07) is 0.0104. The van der Waals surface area contributed by atoms with E-state index in [-0.39, 0.29) is 18.7 Å². The van der Waals surface area contributed by atoms with Crippen LogP contribution in [0.4, 0.5) is 4.79 Å². The molecule has 1 saturated heterocycles. The minimum absolute atomic E-state index is 0.0211. The number of aliphatic hydroxyl groups excluding tert-OH is 1. The van der Waals surface area contributed by atoms with E-state index in [0.717, 1.165) is 32.4 Å². The third-order valence-electron chi connectivity index (χ3n) is 2.85. The molecule has 4 nitrogen and oxygen atoms in total. The number of likely N-dealkylation sites (tertiary alicyclic amines) is 1. The van der Waals surface area contributed by atoms with Gasteiger partial charge in [0.2, 0.25) is 0 Å². The number of aliphatic hydroxyl groups is 1. The molecule has 1 heterocycles. The number of nitrogens with zero attached hydrogens (tertiary/aromatic N) is 1. The van der Waals surface area contributed by atoms with Crippen LogP contribution in [-0.2, 0) is 0 Å². The standard InChI is InChI=1S/C11H22N2O2/c1-9(2)5-6-12-11(15)13-7-3-4-10(13)8-14/h9-10,14H,3-8H2,1-2H3,(H,12,15). The van der Waals surface area contributed by atoms with Crippen LogP contribution in [0.25, 0.3) is 0 Å². The number of carbonyl (C=O) groups excluding carboxylic acids is 1. The van der Waals surface area contributed by atoms with Crippen LogP contribution in [0, 0.1) is 5.92 Å². The summed E-state index contributed by atoms with van der Waals surface area (Å²) in [5, 5.41) is 12.0. The average molecular weight is 214 g/mol. The van der Waals surface area contributed by atoms with Crippen molar-refractivity contribution in [2.75, 3.05) is 19.7 Å². The van der Waals surface area contributed by atoms with Gasteiger partial charge in [-0.05, 0) is 25.2 Å². The topological polar surface area (TPSA) is 52.6 Å². The highest BCUT2D eigenvalue weighted by atomic mass is 16.3. The van der Waals surface area contributed by atoms with Crippen molar-refractivity contribution < 1.29 is 9.90 Å². The van der Waals surface area contributed by atoms with E-state index in [1.807, 2.05) is 0 Å². The molecule has 1 aliphatic rings. The monoisotopic (exact) mass is 214 g/mol. The summed E-state index contributed by atoms with van der Waals surface area (Å²) in [5.74, 6) is 0.609. The average Bonchev–Trinajstić information content (AvgIpc) is 2.64. The van der Waals surface area contributed by atoms with Crippen LogP contribution in [0.15, 0.2) is 0 Å². The molecule has 1 atom stereocenters. The first-order chi connectivity index (χ1) is 7.15. The Bertz CT molecular complexity index is 207. The minimum Gasteiger partial charge on any atom is -0.394 e. The first-order valence-corrected chi connectivity index (χ1v) is 5.80. The highest BCUT2D eigenvalue weighted by Gasteiger charge is 2.27. The van der Waals surface area contributed by atoms with Gasteiger partial charge in [0.1, 0.15) is 0 Å². The van der Waals surface area contributed by atoms with E-state index >= 15 is 0 Å². The third kappa shape index (κ3) is 3.70. The molecule has 4 heteroatoms. The second-order valence-electron chi connectivity index (χ2n) is 4.59. The highest BCUT2D eigenvalue weighted by molar-refractivity contribution is 5.74. The fraction of sp³-hybridized carbons (Fsp3) is 0.909. The number of hydrogen-bond acceptors (Lipinski definition) is 2. The van der Waals surface area contributed by atoms with Gasteiger partial charge in [-0.3, -0.25) is 0 Å². The smallest absolute Gasteiger partial charge is 0.317 e. The molecule has 2 N–H and O–H groups in total. The van der Waals surface area contributed by atoms with Crippen molar-refractivity contribution in [1.29, 1.82) is 0 Å². The number of nitrogens with one attached hydrogen (secondary N) is 1. The number of rotatable bonds is 4. The lowest BCUT2D eigenvalue weighted by atomic mass is 10.1. The van der Waals surface area contributed by atoms with Gasteiger partial charge in [0.05, 0.1) is 12.6 Å². The minimum atomic E-state index is -0.0211. The van der Waals surface area contributed by atoms with Gasteiger partial charge in [0, 0.05) is 13.1 Å². The lowest BCUT2D eigenvalue weighted by Crippen LogP contribution is -2.44. The normalized spacial score (nSPS) is 21.1. The Morgan fingerprint density at radius 1 is 1.60 bits per heavy atom. The summed E-state index contributed by atoms with van der Waals surface area (Å²) in [7, 11) is 0. The number of carbonyl (C=O) groups is 1. The summed E-state index contributed by atoms with van der Waals surface area (Å²) in [4.78, 5) is 13.5. The van der Waals surface area contributed by atoms with Crippen molar-refractivity contribution in [2.45, 2.75) is 39.2 Å². The Labute approximate surface area is 91.6 Å². The molecule has 1 unspecified atom stereocenters. The Balaban J connectivity index is 2.27. The van der Waals surface area contributed by atoms with Crippen molar-refractivity contribution in [3.8, 4) is 0 Å². The fourth-order valence-electron chi connectivity index (χ4n) is 1.86. The molecule has 1 rings (SSSR count). The SMILES string of the molecule is CC(C)CCNC(=O)N1CCCC1CO. The van der Waals surface area contributed by atoms with E-state index in [1.54, 1.807) is 4.90 Å². The predicted octanol–water partition coefficient (Wildman–Crippen LogP) is 1.20. The van der Waals surface area contributed by atoms with Crippen molar-refractivity contribution >= 4 is 6.03 Å². The molecule has 0 aromatic carbocycles. The largest absolute Gasteiger partial charge is 0.394 e. The van der Waals surface area contributed by atoms with Crippen LogP contribution in [-0.4, -0.2) is 41.8 Å². The molecule has 0 aromatic rings. The molecule has 0 saturated carbocycles. The number of amides is 2. The highest BCUT2D eigenvalue weighted by Crippen LogP contribution is 2.16. The van der Waals surface area contributed by atoms with Crippen LogP contribution < -0.4 is 5.32 Å². The van der Waals surface area contributed by atoms with Crippen molar-refractivity contribution in [2.24, 2.45) is 5.92 Å². The number of hydrogen-bond donors (Lipinski definition) is 2. The van der Waals surface area contributed by atoms with E-state index in [0.29, 0.717) is 5.92 Å². The summed E-state index contributed by atoms with van der Waals surface area (Å²) in [6.07, 6.45) is 2.93. The van der Waals surface area contributed by atoms with Gasteiger partial charge in [-0.15, -0.1) is 0 Å².